The molecular weight excluding hydrogens is 506 g/mol. The molecule has 5 aromatic rings. The van der Waals surface area contributed by atoms with Crippen molar-refractivity contribution in [1.82, 2.24) is 25.2 Å². The minimum Gasteiger partial charge on any atom is -0.361 e. The first-order chi connectivity index (χ1) is 19.2. The number of aromatic nitrogens is 3. The van der Waals surface area contributed by atoms with E-state index < -0.39 is 0 Å². The van der Waals surface area contributed by atoms with E-state index in [1.54, 1.807) is 12.3 Å². The predicted molar refractivity (Wildman–Crippen MR) is 154 cm³/mol. The van der Waals surface area contributed by atoms with Crippen LogP contribution in [0.1, 0.15) is 57.2 Å². The van der Waals surface area contributed by atoms with Gasteiger partial charge < -0.3 is 10.3 Å². The van der Waals surface area contributed by atoms with Gasteiger partial charge in [-0.05, 0) is 59.7 Å². The number of nitrogens with one attached hydrogen (secondary N) is 2. The van der Waals surface area contributed by atoms with Crippen LogP contribution in [0.15, 0.2) is 91.5 Å². The topological polar surface area (TPSA) is 73.9 Å². The van der Waals surface area contributed by atoms with E-state index in [4.69, 9.17) is 16.6 Å². The van der Waals surface area contributed by atoms with Gasteiger partial charge in [-0.1, -0.05) is 60.1 Å². The van der Waals surface area contributed by atoms with Crippen LogP contribution in [0.25, 0.3) is 10.9 Å². The average Bonchev–Trinajstić information content (AvgIpc) is 3.38. The molecule has 3 heterocycles. The van der Waals surface area contributed by atoms with Crippen molar-refractivity contribution in [2.45, 2.75) is 44.9 Å². The number of hydrogen-bond donors (Lipinski definition) is 2. The molecule has 39 heavy (non-hydrogen) atoms. The van der Waals surface area contributed by atoms with Gasteiger partial charge in [-0.15, -0.1) is 0 Å². The molecule has 1 atom stereocenters. The van der Waals surface area contributed by atoms with Gasteiger partial charge in [0.05, 0.1) is 22.3 Å². The van der Waals surface area contributed by atoms with E-state index in [0.717, 1.165) is 43.4 Å². The number of carbonyl (C=O) groups is 1. The summed E-state index contributed by atoms with van der Waals surface area (Å²) in [6.45, 7) is 2.01. The van der Waals surface area contributed by atoms with Crippen molar-refractivity contribution in [3.8, 4) is 0 Å². The number of amides is 1. The minimum atomic E-state index is -0.210. The highest BCUT2D eigenvalue weighted by molar-refractivity contribution is 6.33. The number of nitrogens with zero attached hydrogens (tertiary/aromatic N) is 3. The molecule has 0 bridgehead atoms. The van der Waals surface area contributed by atoms with Gasteiger partial charge in [-0.3, -0.25) is 19.7 Å². The van der Waals surface area contributed by atoms with Gasteiger partial charge in [-0.25, -0.2) is 0 Å². The fourth-order valence-corrected chi connectivity index (χ4v) is 5.81. The van der Waals surface area contributed by atoms with Gasteiger partial charge >= 0.3 is 0 Å². The lowest BCUT2D eigenvalue weighted by Gasteiger charge is -2.35. The first kappa shape index (κ1) is 25.3. The van der Waals surface area contributed by atoms with E-state index in [0.29, 0.717) is 17.1 Å². The van der Waals surface area contributed by atoms with E-state index in [1.165, 1.54) is 34.0 Å². The van der Waals surface area contributed by atoms with Crippen molar-refractivity contribution in [2.75, 3.05) is 0 Å². The summed E-state index contributed by atoms with van der Waals surface area (Å²) in [4.78, 5) is 27.5. The molecule has 2 aromatic carbocycles. The molecular formula is C32H30ClN5O. The van der Waals surface area contributed by atoms with Crippen molar-refractivity contribution >= 4 is 28.4 Å². The number of aryl methyl sites for hydroxylation is 1. The molecule has 0 fully saturated rings. The third kappa shape index (κ3) is 5.58. The smallest absolute Gasteiger partial charge is 0.253 e. The SMILES string of the molecule is O=C(NCc1cccc(CN(Cc2c[nH]c3ccccc23)C2CCCc3cccnc32)c1)c1ccncc1Cl. The summed E-state index contributed by atoms with van der Waals surface area (Å²) in [5, 5.41) is 4.59. The van der Waals surface area contributed by atoms with Crippen LogP contribution in [0.3, 0.4) is 0 Å². The third-order valence-electron chi connectivity index (χ3n) is 7.50. The molecule has 1 aliphatic carbocycles. The fourth-order valence-electron chi connectivity index (χ4n) is 5.61. The molecule has 1 amide bonds. The minimum absolute atomic E-state index is 0.210. The van der Waals surface area contributed by atoms with Crippen molar-refractivity contribution in [2.24, 2.45) is 0 Å². The molecule has 0 saturated heterocycles. The maximum absolute atomic E-state index is 12.7. The van der Waals surface area contributed by atoms with E-state index in [1.807, 2.05) is 18.3 Å². The van der Waals surface area contributed by atoms with Crippen LogP contribution >= 0.6 is 11.6 Å². The van der Waals surface area contributed by atoms with Crippen LogP contribution in [0, 0.1) is 0 Å². The van der Waals surface area contributed by atoms with Crippen LogP contribution in [0.2, 0.25) is 5.02 Å². The summed E-state index contributed by atoms with van der Waals surface area (Å²) in [6, 6.07) is 23.0. The summed E-state index contributed by atoms with van der Waals surface area (Å²) in [7, 11) is 0. The summed E-state index contributed by atoms with van der Waals surface area (Å²) < 4.78 is 0. The van der Waals surface area contributed by atoms with Gasteiger partial charge in [0.15, 0.2) is 0 Å². The highest BCUT2D eigenvalue weighted by Crippen LogP contribution is 2.35. The molecule has 0 radical (unpaired) electrons. The van der Waals surface area contributed by atoms with Crippen molar-refractivity contribution < 1.29 is 4.79 Å². The Morgan fingerprint density at radius 1 is 1.03 bits per heavy atom. The normalized spacial score (nSPS) is 14.9. The Balaban J connectivity index is 1.25. The number of H-pyrrole nitrogens is 1. The Labute approximate surface area is 233 Å². The number of para-hydroxylation sites is 1. The molecule has 1 aliphatic rings. The largest absolute Gasteiger partial charge is 0.361 e. The zero-order valence-corrected chi connectivity index (χ0v) is 22.4. The third-order valence-corrected chi connectivity index (χ3v) is 7.80. The number of benzene rings is 2. The zero-order chi connectivity index (χ0) is 26.6. The Hall–Kier alpha value is -4.00. The molecule has 3 aromatic heterocycles. The standard InChI is InChI=1S/C32H30ClN5O/c33-28-19-34-15-13-27(28)32(39)37-17-22-6-3-7-23(16-22)20-38(21-25-18-36-29-11-2-1-10-26(25)29)30-12-4-8-24-9-5-14-35-31(24)30/h1-3,5-7,9-11,13-16,18-19,30,36H,4,8,12,17,20-21H2,(H,37,39). The van der Waals surface area contributed by atoms with Gasteiger partial charge in [0, 0.05) is 55.3 Å². The number of aromatic amines is 1. The Morgan fingerprint density at radius 3 is 2.85 bits per heavy atom. The molecule has 0 spiro atoms. The Morgan fingerprint density at radius 2 is 1.92 bits per heavy atom. The monoisotopic (exact) mass is 535 g/mol. The predicted octanol–water partition coefficient (Wildman–Crippen LogP) is 6.62. The summed E-state index contributed by atoms with van der Waals surface area (Å²) in [6.07, 6.45) is 10.4. The highest BCUT2D eigenvalue weighted by Gasteiger charge is 2.28. The Bertz CT molecular complexity index is 1610. The van der Waals surface area contributed by atoms with E-state index in [-0.39, 0.29) is 11.9 Å². The molecule has 1 unspecified atom stereocenters. The lowest BCUT2D eigenvalue weighted by Crippen LogP contribution is -2.31. The second-order valence-electron chi connectivity index (χ2n) is 10.1. The summed E-state index contributed by atoms with van der Waals surface area (Å²) in [5.74, 6) is -0.210. The fraction of sp³-hybridized carbons (Fsp3) is 0.219. The van der Waals surface area contributed by atoms with Crippen molar-refractivity contribution in [3.05, 3.63) is 130 Å². The molecule has 6 nitrogen and oxygen atoms in total. The number of carbonyl (C=O) groups excluding carboxylic acids is 1. The van der Waals surface area contributed by atoms with E-state index in [2.05, 4.69) is 74.9 Å². The number of halogens is 1. The first-order valence-electron chi connectivity index (χ1n) is 13.3. The number of fused-ring (bicyclic) bond motifs is 2. The van der Waals surface area contributed by atoms with Gasteiger partial charge in [0.2, 0.25) is 0 Å². The number of pyridine rings is 2. The zero-order valence-electron chi connectivity index (χ0n) is 21.6. The highest BCUT2D eigenvalue weighted by atomic mass is 35.5. The van der Waals surface area contributed by atoms with Crippen LogP contribution in [0.4, 0.5) is 0 Å². The summed E-state index contributed by atoms with van der Waals surface area (Å²) in [5.41, 5.74) is 7.65. The molecule has 2 N–H and O–H groups in total. The number of hydrogen-bond acceptors (Lipinski definition) is 4. The maximum Gasteiger partial charge on any atom is 0.253 e. The van der Waals surface area contributed by atoms with Gasteiger partial charge in [0.25, 0.3) is 5.91 Å². The molecule has 0 aliphatic heterocycles. The maximum atomic E-state index is 12.7. The molecule has 0 saturated carbocycles. The van der Waals surface area contributed by atoms with Gasteiger partial charge in [-0.2, -0.15) is 0 Å². The van der Waals surface area contributed by atoms with E-state index >= 15 is 0 Å². The van der Waals surface area contributed by atoms with Crippen LogP contribution in [-0.2, 0) is 26.1 Å². The van der Waals surface area contributed by atoms with Gasteiger partial charge in [0.1, 0.15) is 0 Å². The van der Waals surface area contributed by atoms with Crippen LogP contribution in [0.5, 0.6) is 0 Å². The second kappa shape index (κ2) is 11.4. The summed E-state index contributed by atoms with van der Waals surface area (Å²) >= 11 is 6.15. The molecule has 196 valence electrons. The van der Waals surface area contributed by atoms with Crippen LogP contribution in [-0.4, -0.2) is 25.8 Å². The first-order valence-corrected chi connectivity index (χ1v) is 13.7. The van der Waals surface area contributed by atoms with Crippen molar-refractivity contribution in [1.29, 1.82) is 0 Å². The lowest BCUT2D eigenvalue weighted by atomic mass is 9.90. The van der Waals surface area contributed by atoms with Crippen LogP contribution < -0.4 is 5.32 Å². The Kier molecular flexibility index (Phi) is 7.39. The lowest BCUT2D eigenvalue weighted by molar-refractivity contribution is 0.0951. The molecule has 6 rings (SSSR count). The average molecular weight is 536 g/mol. The van der Waals surface area contributed by atoms with Crippen molar-refractivity contribution in [3.63, 3.8) is 0 Å². The quantitative estimate of drug-likeness (QED) is 0.234. The number of rotatable bonds is 8. The molecule has 7 heteroatoms. The second-order valence-corrected chi connectivity index (χ2v) is 10.5. The van der Waals surface area contributed by atoms with E-state index in [9.17, 15) is 4.79 Å².